The van der Waals surface area contributed by atoms with Crippen molar-refractivity contribution < 1.29 is 23.8 Å². The minimum absolute atomic E-state index is 0.0696. The third-order valence-corrected chi connectivity index (χ3v) is 5.66. The van der Waals surface area contributed by atoms with Crippen LogP contribution < -0.4 is 0 Å². The molecule has 2 aliphatic heterocycles. The molecule has 2 saturated heterocycles. The second kappa shape index (κ2) is 8.45. The summed E-state index contributed by atoms with van der Waals surface area (Å²) in [4.78, 5) is 29.6. The van der Waals surface area contributed by atoms with Crippen molar-refractivity contribution in [2.24, 2.45) is 0 Å². The van der Waals surface area contributed by atoms with Crippen LogP contribution in [0.5, 0.6) is 0 Å². The van der Waals surface area contributed by atoms with Gasteiger partial charge in [-0.2, -0.15) is 0 Å². The summed E-state index contributed by atoms with van der Waals surface area (Å²) in [7, 11) is 0. The average Bonchev–Trinajstić information content (AvgIpc) is 3.28. The highest BCUT2D eigenvalue weighted by Crippen LogP contribution is 2.39. The Morgan fingerprint density at radius 2 is 1.73 bits per heavy atom. The van der Waals surface area contributed by atoms with Crippen LogP contribution in [0.15, 0.2) is 46.4 Å². The Balaban J connectivity index is 1.70. The summed E-state index contributed by atoms with van der Waals surface area (Å²) in [6.45, 7) is 7.63. The summed E-state index contributed by atoms with van der Waals surface area (Å²) in [6, 6.07) is 10.0. The van der Waals surface area contributed by atoms with E-state index in [-0.39, 0.29) is 11.3 Å². The number of carbonyl (C=O) groups is 2. The van der Waals surface area contributed by atoms with Crippen LogP contribution in [0.2, 0.25) is 0 Å². The lowest BCUT2D eigenvalue weighted by Gasteiger charge is -2.30. The molecule has 0 aliphatic carbocycles. The van der Waals surface area contributed by atoms with Crippen LogP contribution in [0.25, 0.3) is 5.76 Å². The third kappa shape index (κ3) is 3.91. The Bertz CT molecular complexity index is 970. The van der Waals surface area contributed by atoms with Crippen LogP contribution in [-0.4, -0.2) is 66.0 Å². The van der Waals surface area contributed by atoms with Gasteiger partial charge in [0.2, 0.25) is 0 Å². The molecular weight excluding hydrogens is 384 g/mol. The maximum absolute atomic E-state index is 13.0. The van der Waals surface area contributed by atoms with Gasteiger partial charge in [-0.3, -0.25) is 14.5 Å². The number of aliphatic hydroxyl groups excluding tert-OH is 1. The molecule has 2 fully saturated rings. The molecule has 7 nitrogen and oxygen atoms in total. The van der Waals surface area contributed by atoms with E-state index in [4.69, 9.17) is 9.15 Å². The molecule has 30 heavy (non-hydrogen) atoms. The Hall–Kier alpha value is -2.90. The van der Waals surface area contributed by atoms with Crippen LogP contribution in [0.1, 0.15) is 28.7 Å². The number of ether oxygens (including phenoxy) is 1. The molecule has 1 atom stereocenters. The average molecular weight is 410 g/mol. The van der Waals surface area contributed by atoms with Crippen LogP contribution in [0.4, 0.5) is 0 Å². The molecule has 0 spiro atoms. The van der Waals surface area contributed by atoms with Crippen molar-refractivity contribution in [2.45, 2.75) is 19.9 Å². The van der Waals surface area contributed by atoms with E-state index in [0.29, 0.717) is 43.4 Å². The van der Waals surface area contributed by atoms with Crippen molar-refractivity contribution in [1.82, 2.24) is 9.80 Å². The van der Waals surface area contributed by atoms with Crippen LogP contribution in [0.3, 0.4) is 0 Å². The van der Waals surface area contributed by atoms with Gasteiger partial charge in [0.05, 0.1) is 18.8 Å². The second-order valence-electron chi connectivity index (χ2n) is 7.76. The molecule has 3 heterocycles. The molecule has 1 N–H and O–H groups in total. The molecule has 0 radical (unpaired) electrons. The number of morpholine rings is 1. The predicted molar refractivity (Wildman–Crippen MR) is 111 cm³/mol. The zero-order valence-electron chi connectivity index (χ0n) is 17.3. The fourth-order valence-electron chi connectivity index (χ4n) is 3.95. The van der Waals surface area contributed by atoms with Gasteiger partial charge >= 0.3 is 0 Å². The highest BCUT2D eigenvalue weighted by atomic mass is 16.5. The van der Waals surface area contributed by atoms with Gasteiger partial charge in [-0.1, -0.05) is 29.8 Å². The largest absolute Gasteiger partial charge is 0.507 e. The van der Waals surface area contributed by atoms with E-state index in [1.165, 1.54) is 4.90 Å². The fourth-order valence-corrected chi connectivity index (χ4v) is 3.95. The highest BCUT2D eigenvalue weighted by Gasteiger charge is 2.47. The molecule has 1 aromatic heterocycles. The first-order valence-corrected chi connectivity index (χ1v) is 10.2. The van der Waals surface area contributed by atoms with Gasteiger partial charge in [-0.15, -0.1) is 0 Å². The van der Waals surface area contributed by atoms with Crippen molar-refractivity contribution in [2.75, 3.05) is 39.4 Å². The molecule has 0 unspecified atom stereocenters. The van der Waals surface area contributed by atoms with Gasteiger partial charge in [0.15, 0.2) is 0 Å². The van der Waals surface area contributed by atoms with Crippen molar-refractivity contribution in [3.8, 4) is 0 Å². The van der Waals surface area contributed by atoms with Gasteiger partial charge in [0.1, 0.15) is 23.3 Å². The number of rotatable bonds is 5. The van der Waals surface area contributed by atoms with Gasteiger partial charge in [-0.25, -0.2) is 0 Å². The summed E-state index contributed by atoms with van der Waals surface area (Å²) in [6.07, 6.45) is 0. The number of likely N-dealkylation sites (tertiary alicyclic amines) is 1. The first-order chi connectivity index (χ1) is 14.5. The standard InChI is InChI=1S/C23H26N2O5/c1-15-3-6-17(7-4-15)21(26)19-20(18-8-5-16(2)30-18)25(23(28)22(19)27)10-9-24-11-13-29-14-12-24/h3-8,20,26H,9-14H2,1-2H3/b21-19+/t20-/m1/s1. The number of amides is 1. The van der Waals surface area contributed by atoms with E-state index >= 15 is 0 Å². The predicted octanol–water partition coefficient (Wildman–Crippen LogP) is 2.65. The Morgan fingerprint density at radius 1 is 1.03 bits per heavy atom. The number of aryl methyl sites for hydroxylation is 2. The smallest absolute Gasteiger partial charge is 0.295 e. The molecule has 4 rings (SSSR count). The first kappa shape index (κ1) is 20.4. The SMILES string of the molecule is Cc1ccc(/C(O)=C2\C(=O)C(=O)N(CCN3CCOCC3)[C@@H]2c2ccc(C)o2)cc1. The monoisotopic (exact) mass is 410 g/mol. The number of hydrogen-bond acceptors (Lipinski definition) is 6. The van der Waals surface area contributed by atoms with Gasteiger partial charge in [0.25, 0.3) is 11.7 Å². The zero-order valence-corrected chi connectivity index (χ0v) is 17.3. The molecule has 0 saturated carbocycles. The molecule has 1 aromatic carbocycles. The lowest BCUT2D eigenvalue weighted by molar-refractivity contribution is -0.140. The summed E-state index contributed by atoms with van der Waals surface area (Å²) in [5.41, 5.74) is 1.61. The molecule has 158 valence electrons. The van der Waals surface area contributed by atoms with Crippen LogP contribution in [-0.2, 0) is 14.3 Å². The van der Waals surface area contributed by atoms with Crippen molar-refractivity contribution in [3.63, 3.8) is 0 Å². The first-order valence-electron chi connectivity index (χ1n) is 10.2. The number of hydrogen-bond donors (Lipinski definition) is 1. The molecule has 2 aliphatic rings. The minimum atomic E-state index is -0.749. The van der Waals surface area contributed by atoms with E-state index in [9.17, 15) is 14.7 Å². The number of aliphatic hydroxyl groups is 1. The number of Topliss-reactive ketones (excluding diaryl/α,β-unsaturated/α-hetero) is 1. The van der Waals surface area contributed by atoms with Gasteiger partial charge in [0, 0.05) is 31.7 Å². The molecule has 2 aromatic rings. The third-order valence-electron chi connectivity index (χ3n) is 5.66. The van der Waals surface area contributed by atoms with E-state index in [0.717, 1.165) is 18.7 Å². The van der Waals surface area contributed by atoms with Gasteiger partial charge in [-0.05, 0) is 26.0 Å². The van der Waals surface area contributed by atoms with Crippen molar-refractivity contribution in [1.29, 1.82) is 0 Å². The quantitative estimate of drug-likeness (QED) is 0.464. The number of furan rings is 1. The summed E-state index contributed by atoms with van der Waals surface area (Å²) >= 11 is 0. The maximum atomic E-state index is 13.0. The number of ketones is 1. The second-order valence-corrected chi connectivity index (χ2v) is 7.76. The van der Waals surface area contributed by atoms with Crippen LogP contribution >= 0.6 is 0 Å². The van der Waals surface area contributed by atoms with Crippen LogP contribution in [0, 0.1) is 13.8 Å². The van der Waals surface area contributed by atoms with E-state index in [2.05, 4.69) is 4.90 Å². The number of benzene rings is 1. The topological polar surface area (TPSA) is 83.2 Å². The maximum Gasteiger partial charge on any atom is 0.295 e. The summed E-state index contributed by atoms with van der Waals surface area (Å²) in [5.74, 6) is -0.326. The van der Waals surface area contributed by atoms with Crippen molar-refractivity contribution >= 4 is 17.4 Å². The number of nitrogens with zero attached hydrogens (tertiary/aromatic N) is 2. The normalized spacial score (nSPS) is 22.1. The fraction of sp³-hybridized carbons (Fsp3) is 0.391. The Labute approximate surface area is 175 Å². The Morgan fingerprint density at radius 3 is 2.37 bits per heavy atom. The van der Waals surface area contributed by atoms with Gasteiger partial charge < -0.3 is 19.2 Å². The molecular formula is C23H26N2O5. The van der Waals surface area contributed by atoms with E-state index in [1.54, 1.807) is 24.3 Å². The summed E-state index contributed by atoms with van der Waals surface area (Å²) in [5, 5.41) is 11.0. The molecule has 7 heteroatoms. The number of carbonyl (C=O) groups excluding carboxylic acids is 2. The highest BCUT2D eigenvalue weighted by molar-refractivity contribution is 6.46. The molecule has 0 bridgehead atoms. The van der Waals surface area contributed by atoms with Crippen molar-refractivity contribution in [3.05, 3.63) is 64.6 Å². The Kier molecular flexibility index (Phi) is 5.74. The molecule has 1 amide bonds. The van der Waals surface area contributed by atoms with E-state index in [1.807, 2.05) is 26.0 Å². The summed E-state index contributed by atoms with van der Waals surface area (Å²) < 4.78 is 11.2. The minimum Gasteiger partial charge on any atom is -0.507 e. The zero-order chi connectivity index (χ0) is 21.3. The lowest BCUT2D eigenvalue weighted by Crippen LogP contribution is -2.42. The lowest BCUT2D eigenvalue weighted by atomic mass is 9.99. The van der Waals surface area contributed by atoms with E-state index < -0.39 is 17.7 Å².